The molecular weight excluding hydrogens is 264 g/mol. The Labute approximate surface area is 115 Å². The summed E-state index contributed by atoms with van der Waals surface area (Å²) < 4.78 is 5.14. The molecule has 2 fully saturated rings. The van der Waals surface area contributed by atoms with Gasteiger partial charge < -0.3 is 14.2 Å². The van der Waals surface area contributed by atoms with Crippen LogP contribution in [0.25, 0.3) is 0 Å². The van der Waals surface area contributed by atoms with Gasteiger partial charge in [-0.05, 0) is 25.0 Å². The highest BCUT2D eigenvalue weighted by Crippen LogP contribution is 2.25. The number of nitrogens with zero attached hydrogens (tertiary/aromatic N) is 2. The van der Waals surface area contributed by atoms with Crippen molar-refractivity contribution in [1.29, 1.82) is 0 Å². The molecule has 0 spiro atoms. The zero-order valence-corrected chi connectivity index (χ0v) is 11.4. The maximum absolute atomic E-state index is 12.4. The Kier molecular flexibility index (Phi) is 3.50. The average molecular weight is 280 g/mol. The number of thioether (sulfide) groups is 1. The van der Waals surface area contributed by atoms with Gasteiger partial charge in [0.25, 0.3) is 5.91 Å². The first-order valence-corrected chi connectivity index (χ1v) is 7.64. The van der Waals surface area contributed by atoms with Gasteiger partial charge in [0.1, 0.15) is 6.04 Å². The van der Waals surface area contributed by atoms with E-state index in [0.717, 1.165) is 25.9 Å². The number of furan rings is 1. The highest BCUT2D eigenvalue weighted by atomic mass is 32.2. The summed E-state index contributed by atoms with van der Waals surface area (Å²) in [5, 5.41) is 0. The van der Waals surface area contributed by atoms with Crippen LogP contribution in [0.3, 0.4) is 0 Å². The van der Waals surface area contributed by atoms with Gasteiger partial charge in [0.05, 0.1) is 12.1 Å². The van der Waals surface area contributed by atoms with E-state index in [0.29, 0.717) is 17.4 Å². The predicted molar refractivity (Wildman–Crippen MR) is 71.8 cm³/mol. The van der Waals surface area contributed by atoms with E-state index in [9.17, 15) is 9.59 Å². The van der Waals surface area contributed by atoms with Crippen LogP contribution in [0, 0.1) is 0 Å². The van der Waals surface area contributed by atoms with Gasteiger partial charge in [-0.3, -0.25) is 9.59 Å². The molecular formula is C13H16N2O3S. The lowest BCUT2D eigenvalue weighted by Gasteiger charge is -2.26. The summed E-state index contributed by atoms with van der Waals surface area (Å²) in [5.41, 5.74) is 0. The molecule has 2 amide bonds. The molecule has 6 heteroatoms. The SMILES string of the molecule is O=C(C1CSCN1C(=O)c1ccco1)N1CCCC1. The van der Waals surface area contributed by atoms with Crippen molar-refractivity contribution < 1.29 is 14.0 Å². The van der Waals surface area contributed by atoms with Gasteiger partial charge in [-0.2, -0.15) is 0 Å². The summed E-state index contributed by atoms with van der Waals surface area (Å²) in [6.45, 7) is 1.64. The third-order valence-electron chi connectivity index (χ3n) is 3.58. The molecule has 5 nitrogen and oxygen atoms in total. The van der Waals surface area contributed by atoms with Gasteiger partial charge in [0.2, 0.25) is 5.91 Å². The Morgan fingerprint density at radius 1 is 1.32 bits per heavy atom. The minimum Gasteiger partial charge on any atom is -0.459 e. The van der Waals surface area contributed by atoms with Crippen molar-refractivity contribution in [2.24, 2.45) is 0 Å². The molecule has 0 radical (unpaired) electrons. The smallest absolute Gasteiger partial charge is 0.290 e. The Morgan fingerprint density at radius 2 is 2.11 bits per heavy atom. The van der Waals surface area contributed by atoms with E-state index in [1.807, 2.05) is 4.90 Å². The van der Waals surface area contributed by atoms with Crippen molar-refractivity contribution in [2.45, 2.75) is 18.9 Å². The van der Waals surface area contributed by atoms with Crippen LogP contribution in [0.2, 0.25) is 0 Å². The third kappa shape index (κ3) is 2.36. The number of hydrogen-bond acceptors (Lipinski definition) is 4. The second kappa shape index (κ2) is 5.28. The quantitative estimate of drug-likeness (QED) is 0.822. The summed E-state index contributed by atoms with van der Waals surface area (Å²) >= 11 is 1.62. The third-order valence-corrected chi connectivity index (χ3v) is 4.59. The molecule has 0 saturated carbocycles. The van der Waals surface area contributed by atoms with E-state index in [1.54, 1.807) is 28.8 Å². The lowest BCUT2D eigenvalue weighted by atomic mass is 10.2. The maximum Gasteiger partial charge on any atom is 0.290 e. The van der Waals surface area contributed by atoms with E-state index in [4.69, 9.17) is 4.42 Å². The minimum absolute atomic E-state index is 0.0856. The average Bonchev–Trinajstić information content (AvgIpc) is 3.16. The predicted octanol–water partition coefficient (Wildman–Crippen LogP) is 1.42. The van der Waals surface area contributed by atoms with Crippen LogP contribution in [-0.4, -0.2) is 52.4 Å². The van der Waals surface area contributed by atoms with E-state index in [1.165, 1.54) is 6.26 Å². The lowest BCUT2D eigenvalue weighted by molar-refractivity contribution is -0.133. The van der Waals surface area contributed by atoms with Crippen LogP contribution in [0.4, 0.5) is 0 Å². The van der Waals surface area contributed by atoms with Crippen molar-refractivity contribution in [2.75, 3.05) is 24.7 Å². The Balaban J connectivity index is 1.74. The lowest BCUT2D eigenvalue weighted by Crippen LogP contribution is -2.48. The van der Waals surface area contributed by atoms with Crippen molar-refractivity contribution >= 4 is 23.6 Å². The summed E-state index contributed by atoms with van der Waals surface area (Å²) in [4.78, 5) is 28.2. The Morgan fingerprint density at radius 3 is 2.79 bits per heavy atom. The maximum atomic E-state index is 12.4. The first kappa shape index (κ1) is 12.6. The first-order chi connectivity index (χ1) is 9.27. The van der Waals surface area contributed by atoms with Crippen LogP contribution in [0.15, 0.2) is 22.8 Å². The number of carbonyl (C=O) groups excluding carboxylic acids is 2. The molecule has 19 heavy (non-hydrogen) atoms. The molecule has 0 bridgehead atoms. The van der Waals surface area contributed by atoms with Crippen LogP contribution in [-0.2, 0) is 4.79 Å². The van der Waals surface area contributed by atoms with Crippen molar-refractivity contribution in [3.8, 4) is 0 Å². The first-order valence-electron chi connectivity index (χ1n) is 6.48. The minimum atomic E-state index is -0.333. The fraction of sp³-hybridized carbons (Fsp3) is 0.538. The van der Waals surface area contributed by atoms with Crippen LogP contribution >= 0.6 is 11.8 Å². The molecule has 3 rings (SSSR count). The van der Waals surface area contributed by atoms with Gasteiger partial charge in [0.15, 0.2) is 5.76 Å². The number of likely N-dealkylation sites (tertiary alicyclic amines) is 1. The summed E-state index contributed by atoms with van der Waals surface area (Å²) in [5.74, 6) is 1.45. The van der Waals surface area contributed by atoms with E-state index in [2.05, 4.69) is 0 Å². The summed E-state index contributed by atoms with van der Waals surface area (Å²) in [7, 11) is 0. The number of amides is 2. The largest absolute Gasteiger partial charge is 0.459 e. The molecule has 0 aliphatic carbocycles. The van der Waals surface area contributed by atoms with Crippen molar-refractivity contribution in [3.05, 3.63) is 24.2 Å². The molecule has 0 N–H and O–H groups in total. The molecule has 1 aromatic rings. The van der Waals surface area contributed by atoms with Gasteiger partial charge >= 0.3 is 0 Å². The number of hydrogen-bond donors (Lipinski definition) is 0. The standard InChI is InChI=1S/C13H16N2O3S/c16-12(14-5-1-2-6-14)10-8-19-9-15(10)13(17)11-4-3-7-18-11/h3-4,7,10H,1-2,5-6,8-9H2. The molecule has 0 aromatic carbocycles. The second-order valence-electron chi connectivity index (χ2n) is 4.80. The van der Waals surface area contributed by atoms with Crippen LogP contribution < -0.4 is 0 Å². The second-order valence-corrected chi connectivity index (χ2v) is 5.80. The molecule has 2 aliphatic heterocycles. The van der Waals surface area contributed by atoms with E-state index >= 15 is 0 Å². The molecule has 102 valence electrons. The van der Waals surface area contributed by atoms with Gasteiger partial charge in [-0.1, -0.05) is 0 Å². The number of carbonyl (C=O) groups is 2. The fourth-order valence-corrected chi connectivity index (χ4v) is 3.68. The van der Waals surface area contributed by atoms with E-state index < -0.39 is 0 Å². The summed E-state index contributed by atoms with van der Waals surface area (Å²) in [6, 6.07) is 3.00. The molecule has 2 saturated heterocycles. The van der Waals surface area contributed by atoms with Gasteiger partial charge in [0, 0.05) is 18.8 Å². The number of rotatable bonds is 2. The van der Waals surface area contributed by atoms with E-state index in [-0.39, 0.29) is 17.9 Å². The summed E-state index contributed by atoms with van der Waals surface area (Å²) in [6.07, 6.45) is 3.61. The van der Waals surface area contributed by atoms with Gasteiger partial charge in [-0.25, -0.2) is 0 Å². The molecule has 3 heterocycles. The normalized spacial score (nSPS) is 23.1. The molecule has 2 aliphatic rings. The Bertz CT molecular complexity index is 468. The molecule has 1 atom stereocenters. The molecule has 1 aromatic heterocycles. The monoisotopic (exact) mass is 280 g/mol. The zero-order chi connectivity index (χ0) is 13.2. The van der Waals surface area contributed by atoms with Gasteiger partial charge in [-0.15, -0.1) is 11.8 Å². The van der Waals surface area contributed by atoms with Crippen LogP contribution in [0.5, 0.6) is 0 Å². The zero-order valence-electron chi connectivity index (χ0n) is 10.6. The van der Waals surface area contributed by atoms with Crippen molar-refractivity contribution in [1.82, 2.24) is 9.80 Å². The fourth-order valence-electron chi connectivity index (χ4n) is 2.54. The molecule has 1 unspecified atom stereocenters. The van der Waals surface area contributed by atoms with Crippen LogP contribution in [0.1, 0.15) is 23.4 Å². The topological polar surface area (TPSA) is 53.8 Å². The highest BCUT2D eigenvalue weighted by Gasteiger charge is 2.38. The Hall–Kier alpha value is -1.43. The van der Waals surface area contributed by atoms with Crippen molar-refractivity contribution in [3.63, 3.8) is 0 Å². The highest BCUT2D eigenvalue weighted by molar-refractivity contribution is 7.99.